The highest BCUT2D eigenvalue weighted by molar-refractivity contribution is 6.30. The molecule has 12 heteroatoms. The van der Waals surface area contributed by atoms with Gasteiger partial charge in [0, 0.05) is 17.5 Å². The first-order valence-electron chi connectivity index (χ1n) is 10.0. The van der Waals surface area contributed by atoms with Gasteiger partial charge in [0.25, 0.3) is 5.91 Å². The number of hydrogen-bond donors (Lipinski definition) is 1. The van der Waals surface area contributed by atoms with E-state index in [1.54, 1.807) is 0 Å². The number of halogens is 5. The molecule has 4 aliphatic carbocycles. The molecule has 172 valence electrons. The SMILES string of the molecule is O=C(COc1ccc(Cl)c(F)c1)NC12CC(c3nnc([C@H]4C[C@@H](OC(F)(F)F)C4)o3)(C1)C2. The highest BCUT2D eigenvalue weighted by Gasteiger charge is 2.72. The number of ether oxygens (including phenoxy) is 2. The Kier molecular flexibility index (Phi) is 4.90. The second-order valence-electron chi connectivity index (χ2n) is 8.80. The van der Waals surface area contributed by atoms with Gasteiger partial charge < -0.3 is 14.5 Å². The number of rotatable bonds is 7. The zero-order chi connectivity index (χ0) is 22.7. The zero-order valence-electron chi connectivity index (χ0n) is 16.5. The van der Waals surface area contributed by atoms with Crippen molar-refractivity contribution in [3.63, 3.8) is 0 Å². The first kappa shape index (κ1) is 21.4. The van der Waals surface area contributed by atoms with Gasteiger partial charge in [-0.1, -0.05) is 11.6 Å². The predicted molar refractivity (Wildman–Crippen MR) is 101 cm³/mol. The molecule has 6 rings (SSSR count). The van der Waals surface area contributed by atoms with Crippen molar-refractivity contribution in [1.29, 1.82) is 0 Å². The molecule has 32 heavy (non-hydrogen) atoms. The normalized spacial score (nSPS) is 30.7. The smallest absolute Gasteiger partial charge is 0.484 e. The predicted octanol–water partition coefficient (Wildman–Crippen LogP) is 4.01. The van der Waals surface area contributed by atoms with Crippen molar-refractivity contribution in [3.05, 3.63) is 40.8 Å². The van der Waals surface area contributed by atoms with E-state index in [1.165, 1.54) is 12.1 Å². The lowest BCUT2D eigenvalue weighted by atomic mass is 9.39. The van der Waals surface area contributed by atoms with Crippen molar-refractivity contribution in [1.82, 2.24) is 15.5 Å². The number of hydrogen-bond acceptors (Lipinski definition) is 6. The summed E-state index contributed by atoms with van der Waals surface area (Å²) in [6, 6.07) is 3.93. The highest BCUT2D eigenvalue weighted by Crippen LogP contribution is 2.67. The van der Waals surface area contributed by atoms with E-state index in [2.05, 4.69) is 20.3 Å². The Hall–Kier alpha value is -2.40. The van der Waals surface area contributed by atoms with Crippen molar-refractivity contribution in [2.75, 3.05) is 6.61 Å². The van der Waals surface area contributed by atoms with Crippen molar-refractivity contribution >= 4 is 17.5 Å². The topological polar surface area (TPSA) is 86.5 Å². The summed E-state index contributed by atoms with van der Waals surface area (Å²) in [7, 11) is 0. The Labute approximate surface area is 184 Å². The van der Waals surface area contributed by atoms with Crippen LogP contribution in [0.4, 0.5) is 17.6 Å². The van der Waals surface area contributed by atoms with Gasteiger partial charge in [-0.25, -0.2) is 4.39 Å². The van der Waals surface area contributed by atoms with E-state index < -0.39 is 18.3 Å². The average Bonchev–Trinajstić information content (AvgIpc) is 3.09. The maximum atomic E-state index is 13.4. The van der Waals surface area contributed by atoms with E-state index in [0.29, 0.717) is 31.0 Å². The number of aromatic nitrogens is 2. The molecule has 0 unspecified atom stereocenters. The van der Waals surface area contributed by atoms with Gasteiger partial charge in [-0.05, 0) is 44.2 Å². The monoisotopic (exact) mass is 475 g/mol. The molecule has 2 bridgehead atoms. The van der Waals surface area contributed by atoms with Gasteiger partial charge in [0.1, 0.15) is 11.6 Å². The van der Waals surface area contributed by atoms with Crippen molar-refractivity contribution in [2.24, 2.45) is 0 Å². The second-order valence-corrected chi connectivity index (χ2v) is 9.21. The molecule has 0 spiro atoms. The van der Waals surface area contributed by atoms with Crippen LogP contribution in [-0.4, -0.2) is 40.7 Å². The van der Waals surface area contributed by atoms with Crippen LogP contribution in [0.15, 0.2) is 22.6 Å². The summed E-state index contributed by atoms with van der Waals surface area (Å²) in [6.07, 6.45) is -3.25. The van der Waals surface area contributed by atoms with Crippen LogP contribution in [0, 0.1) is 5.82 Å². The summed E-state index contributed by atoms with van der Waals surface area (Å²) in [5.74, 6) is -0.210. The standard InChI is InChI=1S/C20H18ClF4N3O4/c21-13-2-1-11(5-14(13)22)30-6-15(29)26-19-7-18(8-19,9-19)17-28-27-16(31-17)10-3-12(4-10)32-20(23,24)25/h1-2,5,10,12H,3-4,6-9H2,(H,26,29)/t10-,12+,18?,19?. The molecule has 2 aromatic rings. The van der Waals surface area contributed by atoms with E-state index in [9.17, 15) is 22.4 Å². The van der Waals surface area contributed by atoms with Crippen LogP contribution >= 0.6 is 11.6 Å². The maximum Gasteiger partial charge on any atom is 0.522 e. The quantitative estimate of drug-likeness (QED) is 0.609. The van der Waals surface area contributed by atoms with Gasteiger partial charge in [0.05, 0.1) is 16.5 Å². The number of benzene rings is 1. The molecule has 1 heterocycles. The van der Waals surface area contributed by atoms with Gasteiger partial charge in [0.2, 0.25) is 11.8 Å². The minimum Gasteiger partial charge on any atom is -0.484 e. The fraction of sp³-hybridized carbons (Fsp3) is 0.550. The molecule has 0 atom stereocenters. The third kappa shape index (κ3) is 3.92. The van der Waals surface area contributed by atoms with Crippen LogP contribution in [-0.2, 0) is 14.9 Å². The Morgan fingerprint density at radius 3 is 2.62 bits per heavy atom. The van der Waals surface area contributed by atoms with Gasteiger partial charge in [-0.2, -0.15) is 0 Å². The molecule has 1 aromatic carbocycles. The van der Waals surface area contributed by atoms with Crippen LogP contribution in [0.3, 0.4) is 0 Å². The largest absolute Gasteiger partial charge is 0.522 e. The number of amides is 1. The number of nitrogens with zero attached hydrogens (tertiary/aromatic N) is 2. The van der Waals surface area contributed by atoms with Gasteiger partial charge >= 0.3 is 6.36 Å². The molecule has 0 radical (unpaired) electrons. The molecule has 7 nitrogen and oxygen atoms in total. The summed E-state index contributed by atoms with van der Waals surface area (Å²) >= 11 is 5.61. The summed E-state index contributed by atoms with van der Waals surface area (Å²) in [6.45, 7) is -0.261. The van der Waals surface area contributed by atoms with Crippen molar-refractivity contribution < 1.29 is 36.2 Å². The van der Waals surface area contributed by atoms with Gasteiger partial charge in [0.15, 0.2) is 6.61 Å². The van der Waals surface area contributed by atoms with Crippen LogP contribution in [0.1, 0.15) is 49.8 Å². The van der Waals surface area contributed by atoms with E-state index >= 15 is 0 Å². The maximum absolute atomic E-state index is 13.4. The van der Waals surface area contributed by atoms with Crippen LogP contribution < -0.4 is 10.1 Å². The molecule has 1 aromatic heterocycles. The number of nitrogens with one attached hydrogen (secondary N) is 1. The third-order valence-corrected chi connectivity index (χ3v) is 6.64. The molecule has 0 saturated heterocycles. The van der Waals surface area contributed by atoms with Crippen LogP contribution in [0.5, 0.6) is 5.75 Å². The van der Waals surface area contributed by atoms with Crippen LogP contribution in [0.2, 0.25) is 5.02 Å². The Bertz CT molecular complexity index is 1030. The summed E-state index contributed by atoms with van der Waals surface area (Å²) < 4.78 is 65.2. The number of alkyl halides is 3. The first-order valence-corrected chi connectivity index (χ1v) is 10.4. The lowest BCUT2D eigenvalue weighted by Gasteiger charge is -2.68. The lowest BCUT2D eigenvalue weighted by Crippen LogP contribution is -2.77. The van der Waals surface area contributed by atoms with Crippen molar-refractivity contribution in [3.8, 4) is 5.75 Å². The Balaban J connectivity index is 1.08. The minimum absolute atomic E-state index is 0.0306. The zero-order valence-corrected chi connectivity index (χ0v) is 17.3. The molecular weight excluding hydrogens is 458 g/mol. The molecule has 1 amide bonds. The summed E-state index contributed by atoms with van der Waals surface area (Å²) in [5, 5.41) is 11.0. The second kappa shape index (κ2) is 7.31. The summed E-state index contributed by atoms with van der Waals surface area (Å²) in [5.41, 5.74) is -0.660. The van der Waals surface area contributed by atoms with Gasteiger partial charge in [-0.15, -0.1) is 23.4 Å². The molecule has 0 aliphatic heterocycles. The van der Waals surface area contributed by atoms with E-state index in [4.69, 9.17) is 20.8 Å². The van der Waals surface area contributed by atoms with Crippen LogP contribution in [0.25, 0.3) is 0 Å². The minimum atomic E-state index is -4.64. The number of carbonyl (C=O) groups excluding carboxylic acids is 1. The fourth-order valence-electron chi connectivity index (χ4n) is 4.86. The lowest BCUT2D eigenvalue weighted by molar-refractivity contribution is -0.352. The number of carbonyl (C=O) groups is 1. The van der Waals surface area contributed by atoms with E-state index in [0.717, 1.165) is 6.07 Å². The first-order chi connectivity index (χ1) is 15.0. The Morgan fingerprint density at radius 1 is 1.25 bits per heavy atom. The molecule has 1 N–H and O–H groups in total. The fourth-order valence-corrected chi connectivity index (χ4v) is 4.98. The van der Waals surface area contributed by atoms with E-state index in [-0.39, 0.29) is 53.0 Å². The average molecular weight is 476 g/mol. The van der Waals surface area contributed by atoms with Crippen molar-refractivity contribution in [2.45, 2.75) is 61.4 Å². The Morgan fingerprint density at radius 2 is 1.97 bits per heavy atom. The molecule has 4 fully saturated rings. The van der Waals surface area contributed by atoms with Gasteiger partial charge in [-0.3, -0.25) is 9.53 Å². The van der Waals surface area contributed by atoms with E-state index in [1.807, 2.05) is 0 Å². The highest BCUT2D eigenvalue weighted by atomic mass is 35.5. The molecule has 4 saturated carbocycles. The molecular formula is C20H18ClF4N3O4. The summed E-state index contributed by atoms with van der Waals surface area (Å²) in [4.78, 5) is 12.2. The third-order valence-electron chi connectivity index (χ3n) is 6.33. The molecule has 4 aliphatic rings.